The van der Waals surface area contributed by atoms with Gasteiger partial charge in [-0.2, -0.15) is 0 Å². The molecule has 2 aromatic carbocycles. The molecule has 0 aliphatic carbocycles. The maximum atomic E-state index is 13.4. The van der Waals surface area contributed by atoms with Crippen LogP contribution in [0.25, 0.3) is 0 Å². The van der Waals surface area contributed by atoms with E-state index in [2.05, 4.69) is 6.58 Å². The lowest BCUT2D eigenvalue weighted by atomic mass is 10.2. The lowest BCUT2D eigenvalue weighted by molar-refractivity contribution is -0.137. The van der Waals surface area contributed by atoms with Gasteiger partial charge in [-0.25, -0.2) is 9.18 Å². The van der Waals surface area contributed by atoms with E-state index >= 15 is 0 Å². The predicted molar refractivity (Wildman–Crippen MR) is 107 cm³/mol. The monoisotopic (exact) mass is 406 g/mol. The first kappa shape index (κ1) is 21.8. The minimum absolute atomic E-state index is 0.0741. The fourth-order valence-electron chi connectivity index (χ4n) is 2.39. The van der Waals surface area contributed by atoms with Crippen LogP contribution in [0.5, 0.6) is 11.5 Å². The Labute approximate surface area is 169 Å². The molecular formula is C22H24ClFO4. The topological polar surface area (TPSA) is 44.8 Å². The van der Waals surface area contributed by atoms with E-state index in [1.807, 2.05) is 24.3 Å². The molecule has 150 valence electrons. The summed E-state index contributed by atoms with van der Waals surface area (Å²) in [5.74, 6) is 0.348. The summed E-state index contributed by atoms with van der Waals surface area (Å²) in [7, 11) is 0. The highest BCUT2D eigenvalue weighted by atomic mass is 35.5. The van der Waals surface area contributed by atoms with E-state index in [0.717, 1.165) is 37.0 Å². The van der Waals surface area contributed by atoms with Gasteiger partial charge in [0.1, 0.15) is 23.9 Å². The summed E-state index contributed by atoms with van der Waals surface area (Å²) in [5, 5.41) is 0.0741. The molecule has 0 aliphatic heterocycles. The second kappa shape index (κ2) is 12.0. The largest absolute Gasteiger partial charge is 0.494 e. The average molecular weight is 407 g/mol. The third-order valence-corrected chi connectivity index (χ3v) is 4.24. The molecule has 0 saturated heterocycles. The van der Waals surface area contributed by atoms with Crippen LogP contribution < -0.4 is 9.47 Å². The molecule has 2 aromatic rings. The number of benzene rings is 2. The number of carbonyl (C=O) groups excluding carboxylic acids is 1. The number of rotatable bonds is 12. The van der Waals surface area contributed by atoms with Gasteiger partial charge >= 0.3 is 5.97 Å². The van der Waals surface area contributed by atoms with Crippen molar-refractivity contribution in [3.63, 3.8) is 0 Å². The van der Waals surface area contributed by atoms with E-state index in [4.69, 9.17) is 25.8 Å². The molecule has 0 atom stereocenters. The van der Waals surface area contributed by atoms with E-state index in [1.54, 1.807) is 6.07 Å². The number of hydrogen-bond donors (Lipinski definition) is 0. The molecule has 6 heteroatoms. The highest BCUT2D eigenvalue weighted by molar-refractivity contribution is 6.30. The van der Waals surface area contributed by atoms with Crippen molar-refractivity contribution in [2.75, 3.05) is 13.2 Å². The predicted octanol–water partition coefficient (Wildman–Crippen LogP) is 5.73. The fourth-order valence-corrected chi connectivity index (χ4v) is 2.51. The van der Waals surface area contributed by atoms with Crippen LogP contribution in [0.1, 0.15) is 31.2 Å². The lowest BCUT2D eigenvalue weighted by Gasteiger charge is -2.09. The lowest BCUT2D eigenvalue weighted by Crippen LogP contribution is -2.02. The van der Waals surface area contributed by atoms with Crippen LogP contribution in [0.2, 0.25) is 5.02 Å². The molecule has 0 N–H and O–H groups in total. The normalized spacial score (nSPS) is 10.4. The van der Waals surface area contributed by atoms with Crippen LogP contribution in [-0.2, 0) is 16.1 Å². The zero-order chi connectivity index (χ0) is 20.2. The Balaban J connectivity index is 1.60. The molecule has 28 heavy (non-hydrogen) atoms. The van der Waals surface area contributed by atoms with E-state index < -0.39 is 5.82 Å². The highest BCUT2D eigenvalue weighted by Gasteiger charge is 2.03. The van der Waals surface area contributed by atoms with Gasteiger partial charge in [0.05, 0.1) is 18.2 Å². The maximum Gasteiger partial charge on any atom is 0.330 e. The van der Waals surface area contributed by atoms with Crippen LogP contribution in [-0.4, -0.2) is 19.2 Å². The van der Waals surface area contributed by atoms with Crippen molar-refractivity contribution in [1.82, 2.24) is 0 Å². The van der Waals surface area contributed by atoms with Gasteiger partial charge in [-0.15, -0.1) is 0 Å². The first-order valence-electron chi connectivity index (χ1n) is 9.17. The smallest absolute Gasteiger partial charge is 0.330 e. The van der Waals surface area contributed by atoms with Gasteiger partial charge in [-0.1, -0.05) is 30.3 Å². The van der Waals surface area contributed by atoms with Gasteiger partial charge in [-0.05, 0) is 55.5 Å². The van der Waals surface area contributed by atoms with Gasteiger partial charge in [0.15, 0.2) is 0 Å². The fraction of sp³-hybridized carbons (Fsp3) is 0.318. The molecule has 0 aromatic heterocycles. The van der Waals surface area contributed by atoms with E-state index in [-0.39, 0.29) is 11.0 Å². The summed E-state index contributed by atoms with van der Waals surface area (Å²) in [4.78, 5) is 10.9. The van der Waals surface area contributed by atoms with Crippen molar-refractivity contribution in [3.8, 4) is 11.5 Å². The summed E-state index contributed by atoms with van der Waals surface area (Å²) in [6.45, 7) is 4.74. The second-order valence-corrected chi connectivity index (χ2v) is 6.55. The molecule has 2 rings (SSSR count). The summed E-state index contributed by atoms with van der Waals surface area (Å²) >= 11 is 5.65. The molecule has 0 aliphatic rings. The molecule has 0 amide bonds. The highest BCUT2D eigenvalue weighted by Crippen LogP contribution is 2.21. The summed E-state index contributed by atoms with van der Waals surface area (Å²) in [5.41, 5.74) is 0.955. The van der Waals surface area contributed by atoms with E-state index in [9.17, 15) is 9.18 Å². The molecule has 0 spiro atoms. The Bertz CT molecular complexity index is 762. The Kier molecular flexibility index (Phi) is 9.35. The zero-order valence-corrected chi connectivity index (χ0v) is 16.4. The van der Waals surface area contributed by atoms with Crippen LogP contribution in [0, 0.1) is 5.82 Å². The van der Waals surface area contributed by atoms with Gasteiger partial charge in [-0.3, -0.25) is 0 Å². The van der Waals surface area contributed by atoms with Gasteiger partial charge in [0.2, 0.25) is 0 Å². The number of halogens is 2. The molecule has 4 nitrogen and oxygen atoms in total. The van der Waals surface area contributed by atoms with Crippen LogP contribution in [0.4, 0.5) is 4.39 Å². The van der Waals surface area contributed by atoms with Gasteiger partial charge < -0.3 is 14.2 Å². The third kappa shape index (κ3) is 8.01. The number of esters is 1. The quantitative estimate of drug-likeness (QED) is 0.256. The first-order chi connectivity index (χ1) is 13.6. The number of unbranched alkanes of at least 4 members (excludes halogenated alkanes) is 3. The Morgan fingerprint density at radius 1 is 0.964 bits per heavy atom. The van der Waals surface area contributed by atoms with E-state index in [1.165, 1.54) is 18.2 Å². The van der Waals surface area contributed by atoms with Crippen LogP contribution in [0.3, 0.4) is 0 Å². The van der Waals surface area contributed by atoms with Crippen molar-refractivity contribution >= 4 is 17.6 Å². The summed E-state index contributed by atoms with van der Waals surface area (Å²) in [6.07, 6.45) is 4.93. The van der Waals surface area contributed by atoms with Gasteiger partial charge in [0, 0.05) is 12.1 Å². The van der Waals surface area contributed by atoms with Crippen LogP contribution >= 0.6 is 11.6 Å². The molecule has 0 heterocycles. The zero-order valence-electron chi connectivity index (χ0n) is 15.7. The van der Waals surface area contributed by atoms with Crippen molar-refractivity contribution in [3.05, 3.63) is 71.5 Å². The minimum Gasteiger partial charge on any atom is -0.494 e. The van der Waals surface area contributed by atoms with Crippen LogP contribution in [0.15, 0.2) is 55.1 Å². The molecule has 0 unspecified atom stereocenters. The first-order valence-corrected chi connectivity index (χ1v) is 9.55. The van der Waals surface area contributed by atoms with Crippen molar-refractivity contribution in [2.24, 2.45) is 0 Å². The maximum absolute atomic E-state index is 13.4. The summed E-state index contributed by atoms with van der Waals surface area (Å²) < 4.78 is 29.6. The minimum atomic E-state index is -0.499. The second-order valence-electron chi connectivity index (χ2n) is 6.14. The average Bonchev–Trinajstić information content (AvgIpc) is 2.71. The van der Waals surface area contributed by atoms with Crippen molar-refractivity contribution in [2.45, 2.75) is 32.3 Å². The molecule has 0 fully saturated rings. The van der Waals surface area contributed by atoms with Crippen molar-refractivity contribution in [1.29, 1.82) is 0 Å². The third-order valence-electron chi connectivity index (χ3n) is 3.94. The Morgan fingerprint density at radius 3 is 2.32 bits per heavy atom. The molecule has 0 saturated carbocycles. The standard InChI is InChI=1S/C22H24ClFO4/c1-2-22(25)27-14-6-4-3-5-13-26-18-9-7-17(8-10-18)16-28-19-11-12-20(23)21(24)15-19/h2,7-12,15H,1,3-6,13-14,16H2. The van der Waals surface area contributed by atoms with Crippen molar-refractivity contribution < 1.29 is 23.4 Å². The number of hydrogen-bond acceptors (Lipinski definition) is 4. The number of carbonyl (C=O) groups is 1. The molecular weight excluding hydrogens is 383 g/mol. The molecule has 0 bridgehead atoms. The number of ether oxygens (including phenoxy) is 3. The summed E-state index contributed by atoms with van der Waals surface area (Å²) in [6, 6.07) is 12.0. The Morgan fingerprint density at radius 2 is 1.64 bits per heavy atom. The SMILES string of the molecule is C=CC(=O)OCCCCCCOc1ccc(COc2ccc(Cl)c(F)c2)cc1. The Hall–Kier alpha value is -2.53. The van der Waals surface area contributed by atoms with E-state index in [0.29, 0.717) is 25.6 Å². The van der Waals surface area contributed by atoms with Gasteiger partial charge in [0.25, 0.3) is 0 Å². The molecule has 0 radical (unpaired) electrons.